The fraction of sp³-hybridized carbons (Fsp3) is 0.158. The Morgan fingerprint density at radius 2 is 1.88 bits per heavy atom. The zero-order valence-corrected chi connectivity index (χ0v) is 15.9. The molecule has 0 atom stereocenters. The van der Waals surface area contributed by atoms with E-state index >= 15 is 0 Å². The number of carbonyl (C=O) groups excluding carboxylic acids is 1. The Morgan fingerprint density at radius 1 is 1.15 bits per heavy atom. The summed E-state index contributed by atoms with van der Waals surface area (Å²) in [6.07, 6.45) is 1.71. The first-order chi connectivity index (χ1) is 12.5. The zero-order chi connectivity index (χ0) is 18.7. The van der Waals surface area contributed by atoms with E-state index in [0.29, 0.717) is 27.1 Å². The van der Waals surface area contributed by atoms with Crippen LogP contribution in [0.5, 0.6) is 17.2 Å². The van der Waals surface area contributed by atoms with Gasteiger partial charge in [0.2, 0.25) is 0 Å². The second kappa shape index (κ2) is 7.80. The van der Waals surface area contributed by atoms with Gasteiger partial charge in [0.25, 0.3) is 5.91 Å². The van der Waals surface area contributed by atoms with Crippen molar-refractivity contribution in [1.82, 2.24) is 4.90 Å². The lowest BCUT2D eigenvalue weighted by Crippen LogP contribution is -2.27. The van der Waals surface area contributed by atoms with Crippen molar-refractivity contribution < 1.29 is 19.4 Å². The Hall–Kier alpha value is -2.51. The molecule has 2 aromatic carbocycles. The second-order valence-corrected chi connectivity index (χ2v) is 7.22. The van der Waals surface area contributed by atoms with E-state index in [0.717, 1.165) is 11.3 Å². The van der Waals surface area contributed by atoms with Crippen LogP contribution in [0, 0.1) is 0 Å². The number of amides is 1. The third-order valence-corrected chi connectivity index (χ3v) is 5.25. The molecule has 1 aliphatic heterocycles. The molecule has 7 heteroatoms. The van der Waals surface area contributed by atoms with Gasteiger partial charge in [0.1, 0.15) is 10.1 Å². The van der Waals surface area contributed by atoms with Gasteiger partial charge in [-0.3, -0.25) is 9.69 Å². The summed E-state index contributed by atoms with van der Waals surface area (Å²) >= 11 is 6.61. The molecule has 1 saturated heterocycles. The number of phenolic OH excluding ortho intramolecular Hbond substituents is 1. The number of thioether (sulfide) groups is 1. The molecule has 0 bridgehead atoms. The first-order valence-electron chi connectivity index (χ1n) is 7.77. The molecule has 1 fully saturated rings. The van der Waals surface area contributed by atoms with E-state index in [2.05, 4.69) is 0 Å². The molecule has 0 aliphatic carbocycles. The molecule has 2 aromatic rings. The van der Waals surface area contributed by atoms with Crippen molar-refractivity contribution in [2.75, 3.05) is 14.2 Å². The molecule has 0 radical (unpaired) electrons. The molecule has 1 N–H and O–H groups in total. The van der Waals surface area contributed by atoms with E-state index < -0.39 is 0 Å². The monoisotopic (exact) mass is 387 g/mol. The van der Waals surface area contributed by atoms with Gasteiger partial charge in [-0.05, 0) is 41.5 Å². The molecule has 134 valence electrons. The van der Waals surface area contributed by atoms with E-state index in [-0.39, 0.29) is 11.7 Å². The average molecular weight is 387 g/mol. The molecule has 1 amide bonds. The molecular formula is C19H17NO4S2. The molecule has 26 heavy (non-hydrogen) atoms. The Kier molecular flexibility index (Phi) is 5.49. The van der Waals surface area contributed by atoms with Gasteiger partial charge in [0.05, 0.1) is 25.7 Å². The number of ether oxygens (including phenoxy) is 2. The lowest BCUT2D eigenvalue weighted by atomic mass is 10.1. The summed E-state index contributed by atoms with van der Waals surface area (Å²) in [5.41, 5.74) is 1.67. The average Bonchev–Trinajstić information content (AvgIpc) is 2.90. The second-order valence-electron chi connectivity index (χ2n) is 5.55. The molecule has 0 saturated carbocycles. The minimum atomic E-state index is -0.147. The smallest absolute Gasteiger partial charge is 0.266 e. The van der Waals surface area contributed by atoms with E-state index in [9.17, 15) is 9.90 Å². The third-order valence-electron chi connectivity index (χ3n) is 3.87. The van der Waals surface area contributed by atoms with Gasteiger partial charge in [-0.15, -0.1) is 0 Å². The maximum atomic E-state index is 12.7. The zero-order valence-electron chi connectivity index (χ0n) is 14.3. The number of carbonyl (C=O) groups is 1. The molecule has 3 rings (SSSR count). The van der Waals surface area contributed by atoms with Crippen molar-refractivity contribution in [2.45, 2.75) is 6.54 Å². The standard InChI is InChI=1S/C19H17NO4S2/c1-23-14-6-3-12(4-7-14)11-20-18(22)17(26-19(20)25)10-13-5-8-16(24-2)15(21)9-13/h3-10,21H,11H2,1-2H3/b17-10-. The van der Waals surface area contributed by atoms with Crippen LogP contribution in [-0.2, 0) is 11.3 Å². The maximum absolute atomic E-state index is 12.7. The van der Waals surface area contributed by atoms with Crippen LogP contribution in [0.4, 0.5) is 0 Å². The first-order valence-corrected chi connectivity index (χ1v) is 8.99. The number of benzene rings is 2. The van der Waals surface area contributed by atoms with Gasteiger partial charge >= 0.3 is 0 Å². The highest BCUT2D eigenvalue weighted by atomic mass is 32.2. The molecule has 0 spiro atoms. The van der Waals surface area contributed by atoms with Crippen molar-refractivity contribution in [3.8, 4) is 17.2 Å². The molecular weight excluding hydrogens is 370 g/mol. The van der Waals surface area contributed by atoms with Gasteiger partial charge in [-0.25, -0.2) is 0 Å². The van der Waals surface area contributed by atoms with E-state index in [4.69, 9.17) is 21.7 Å². The summed E-state index contributed by atoms with van der Waals surface area (Å²) in [5.74, 6) is 1.02. The lowest BCUT2D eigenvalue weighted by Gasteiger charge is -2.14. The Balaban J connectivity index is 1.78. The summed E-state index contributed by atoms with van der Waals surface area (Å²) in [7, 11) is 3.10. The molecule has 1 heterocycles. The van der Waals surface area contributed by atoms with E-state index in [1.165, 1.54) is 18.9 Å². The number of aromatic hydroxyl groups is 1. The normalized spacial score (nSPS) is 15.6. The fourth-order valence-corrected chi connectivity index (χ4v) is 3.75. The van der Waals surface area contributed by atoms with Crippen LogP contribution in [-0.4, -0.2) is 34.5 Å². The predicted molar refractivity (Wildman–Crippen MR) is 106 cm³/mol. The SMILES string of the molecule is COc1ccc(CN2C(=O)/C(=C/c3ccc(OC)c(O)c3)SC2=S)cc1. The Labute approximate surface area is 161 Å². The highest BCUT2D eigenvalue weighted by Crippen LogP contribution is 2.35. The Bertz CT molecular complexity index is 878. The minimum absolute atomic E-state index is 0.0231. The fourth-order valence-electron chi connectivity index (χ4n) is 2.50. The number of phenols is 1. The minimum Gasteiger partial charge on any atom is -0.504 e. The molecule has 0 unspecified atom stereocenters. The van der Waals surface area contributed by atoms with Gasteiger partial charge in [0, 0.05) is 0 Å². The summed E-state index contributed by atoms with van der Waals surface area (Å²) in [6.45, 7) is 0.403. The van der Waals surface area contributed by atoms with Crippen LogP contribution in [0.25, 0.3) is 6.08 Å². The predicted octanol–water partition coefficient (Wildman–Crippen LogP) is 3.81. The number of hydrogen-bond donors (Lipinski definition) is 1. The van der Waals surface area contributed by atoms with E-state index in [1.54, 1.807) is 36.3 Å². The van der Waals surface area contributed by atoms with Crippen molar-refractivity contribution >= 4 is 40.3 Å². The van der Waals surface area contributed by atoms with Crippen LogP contribution in [0.1, 0.15) is 11.1 Å². The quantitative estimate of drug-likeness (QED) is 0.622. The summed E-state index contributed by atoms with van der Waals surface area (Å²) in [6, 6.07) is 12.5. The molecule has 5 nitrogen and oxygen atoms in total. The van der Waals surface area contributed by atoms with Gasteiger partial charge in [-0.2, -0.15) is 0 Å². The third kappa shape index (κ3) is 3.84. The summed E-state index contributed by atoms with van der Waals surface area (Å²) in [4.78, 5) is 14.8. The topological polar surface area (TPSA) is 59.0 Å². The molecule has 1 aliphatic rings. The van der Waals surface area contributed by atoms with Crippen molar-refractivity contribution in [3.63, 3.8) is 0 Å². The van der Waals surface area contributed by atoms with Crippen molar-refractivity contribution in [1.29, 1.82) is 0 Å². The number of thiocarbonyl (C=S) groups is 1. The maximum Gasteiger partial charge on any atom is 0.266 e. The summed E-state index contributed by atoms with van der Waals surface area (Å²) in [5, 5.41) is 9.88. The van der Waals surface area contributed by atoms with E-state index in [1.807, 2.05) is 24.3 Å². The first kappa shape index (κ1) is 18.3. The van der Waals surface area contributed by atoms with Crippen LogP contribution in [0.15, 0.2) is 47.4 Å². The van der Waals surface area contributed by atoms with Gasteiger partial charge in [0.15, 0.2) is 11.5 Å². The Morgan fingerprint density at radius 3 is 2.50 bits per heavy atom. The summed E-state index contributed by atoms with van der Waals surface area (Å²) < 4.78 is 10.7. The van der Waals surface area contributed by atoms with Crippen molar-refractivity contribution in [3.05, 3.63) is 58.5 Å². The highest BCUT2D eigenvalue weighted by Gasteiger charge is 2.32. The number of methoxy groups -OCH3 is 2. The number of rotatable bonds is 5. The van der Waals surface area contributed by atoms with Crippen molar-refractivity contribution in [2.24, 2.45) is 0 Å². The number of nitrogens with zero attached hydrogens (tertiary/aromatic N) is 1. The van der Waals surface area contributed by atoms with Gasteiger partial charge in [-0.1, -0.05) is 42.2 Å². The molecule has 0 aromatic heterocycles. The van der Waals surface area contributed by atoms with Crippen LogP contribution >= 0.6 is 24.0 Å². The van der Waals surface area contributed by atoms with Gasteiger partial charge < -0.3 is 14.6 Å². The van der Waals surface area contributed by atoms with Crippen LogP contribution < -0.4 is 9.47 Å². The van der Waals surface area contributed by atoms with Crippen LogP contribution in [0.2, 0.25) is 0 Å². The van der Waals surface area contributed by atoms with Crippen LogP contribution in [0.3, 0.4) is 0 Å². The lowest BCUT2D eigenvalue weighted by molar-refractivity contribution is -0.122. The highest BCUT2D eigenvalue weighted by molar-refractivity contribution is 8.26. The largest absolute Gasteiger partial charge is 0.504 e. The number of hydrogen-bond acceptors (Lipinski definition) is 6.